The third-order valence-electron chi connectivity index (χ3n) is 4.90. The van der Waals surface area contributed by atoms with Crippen LogP contribution in [0.5, 0.6) is 0 Å². The molecule has 0 N–H and O–H groups in total. The van der Waals surface area contributed by atoms with E-state index in [0.717, 1.165) is 26.2 Å². The Morgan fingerprint density at radius 2 is 1.81 bits per heavy atom. The summed E-state index contributed by atoms with van der Waals surface area (Å²) in [5.74, 6) is 0.514. The van der Waals surface area contributed by atoms with Crippen molar-refractivity contribution in [3.8, 4) is 0 Å². The monoisotopic (exact) mass is 388 g/mol. The number of hydrogen-bond donors (Lipinski definition) is 0. The number of benzene rings is 1. The molecule has 1 aromatic carbocycles. The van der Waals surface area contributed by atoms with Gasteiger partial charge < -0.3 is 4.90 Å². The smallest absolute Gasteiger partial charge is 0.233 e. The molecule has 3 rings (SSSR count). The molecule has 8 heteroatoms. The Kier molecular flexibility index (Phi) is 6.16. The van der Waals surface area contributed by atoms with E-state index in [4.69, 9.17) is 0 Å². The summed E-state index contributed by atoms with van der Waals surface area (Å²) in [5, 5.41) is 12.5. The average molecular weight is 389 g/mol. The van der Waals surface area contributed by atoms with Crippen molar-refractivity contribution in [3.05, 3.63) is 35.9 Å². The number of hydrogen-bond acceptors (Lipinski definition) is 6. The van der Waals surface area contributed by atoms with Gasteiger partial charge in [-0.3, -0.25) is 9.69 Å². The molecule has 1 amide bonds. The Bertz CT molecular complexity index is 749. The van der Waals surface area contributed by atoms with Crippen molar-refractivity contribution in [1.82, 2.24) is 30.0 Å². The van der Waals surface area contributed by atoms with E-state index in [0.29, 0.717) is 17.0 Å². The van der Waals surface area contributed by atoms with Crippen molar-refractivity contribution in [3.63, 3.8) is 0 Å². The van der Waals surface area contributed by atoms with Gasteiger partial charge in [-0.15, -0.1) is 5.10 Å². The largest absolute Gasteiger partial charge is 0.339 e. The molecule has 0 saturated carbocycles. The maximum atomic E-state index is 12.6. The van der Waals surface area contributed by atoms with Gasteiger partial charge in [0.15, 0.2) is 0 Å². The first-order valence-corrected chi connectivity index (χ1v) is 10.3. The van der Waals surface area contributed by atoms with Crippen LogP contribution < -0.4 is 0 Å². The second kappa shape index (κ2) is 8.39. The van der Waals surface area contributed by atoms with Gasteiger partial charge in [0.1, 0.15) is 0 Å². The molecule has 0 unspecified atom stereocenters. The summed E-state index contributed by atoms with van der Waals surface area (Å²) in [5.41, 5.74) is 1.12. The Hall–Kier alpha value is -1.93. The van der Waals surface area contributed by atoms with Gasteiger partial charge in [0.2, 0.25) is 11.1 Å². The van der Waals surface area contributed by atoms with Gasteiger partial charge in [-0.25, -0.2) is 4.68 Å². The van der Waals surface area contributed by atoms with Gasteiger partial charge in [0.05, 0.1) is 11.3 Å². The quantitative estimate of drug-likeness (QED) is 0.733. The van der Waals surface area contributed by atoms with Gasteiger partial charge in [0, 0.05) is 32.2 Å². The fourth-order valence-corrected chi connectivity index (χ4v) is 4.17. The van der Waals surface area contributed by atoms with Crippen LogP contribution in [0.25, 0.3) is 0 Å². The molecule has 7 nitrogen and oxygen atoms in total. The highest BCUT2D eigenvalue weighted by Gasteiger charge is 2.26. The fraction of sp³-hybridized carbons (Fsp3) is 0.579. The second-order valence-corrected chi connectivity index (χ2v) is 8.78. The van der Waals surface area contributed by atoms with Crippen LogP contribution >= 0.6 is 11.8 Å². The molecular weight excluding hydrogens is 360 g/mol. The molecular formula is C19H28N6OS. The topological polar surface area (TPSA) is 67.2 Å². The van der Waals surface area contributed by atoms with Crippen molar-refractivity contribution in [2.24, 2.45) is 0 Å². The number of thioether (sulfide) groups is 1. The molecule has 2 aromatic rings. The number of carbonyl (C=O) groups is 1. The standard InChI is InChI=1S/C19H28N6OS/c1-15(16-8-6-5-7-9-16)23-10-12-24(13-11-23)17(26)14-27-18-20-21-22-25(18)19(2,3)4/h5-9,15H,10-14H2,1-4H3/t15-/m1/s1. The van der Waals surface area contributed by atoms with E-state index in [2.05, 4.69) is 51.6 Å². The van der Waals surface area contributed by atoms with Crippen molar-refractivity contribution in [2.45, 2.75) is 44.4 Å². The summed E-state index contributed by atoms with van der Waals surface area (Å²) in [4.78, 5) is 17.0. The highest BCUT2D eigenvalue weighted by atomic mass is 32.2. The lowest BCUT2D eigenvalue weighted by molar-refractivity contribution is -0.130. The number of piperazine rings is 1. The summed E-state index contributed by atoms with van der Waals surface area (Å²) in [6.45, 7) is 11.7. The maximum absolute atomic E-state index is 12.6. The van der Waals surface area contributed by atoms with Gasteiger partial charge in [-0.1, -0.05) is 42.1 Å². The predicted molar refractivity (Wildman–Crippen MR) is 107 cm³/mol. The zero-order chi connectivity index (χ0) is 19.4. The fourth-order valence-electron chi connectivity index (χ4n) is 3.21. The summed E-state index contributed by atoms with van der Waals surface area (Å²) in [7, 11) is 0. The van der Waals surface area contributed by atoms with Crippen molar-refractivity contribution < 1.29 is 4.79 Å². The average Bonchev–Trinajstić information content (AvgIpc) is 3.15. The number of rotatable bonds is 5. The zero-order valence-electron chi connectivity index (χ0n) is 16.5. The minimum Gasteiger partial charge on any atom is -0.339 e. The molecule has 1 fully saturated rings. The van der Waals surface area contributed by atoms with Crippen LogP contribution in [0.3, 0.4) is 0 Å². The normalized spacial score (nSPS) is 17.1. The Labute approximate surface area is 165 Å². The van der Waals surface area contributed by atoms with Crippen LogP contribution in [0.2, 0.25) is 0 Å². The van der Waals surface area contributed by atoms with E-state index < -0.39 is 0 Å². The van der Waals surface area contributed by atoms with Gasteiger partial charge >= 0.3 is 0 Å². The SMILES string of the molecule is C[C@H](c1ccccc1)N1CCN(C(=O)CSc2nnnn2C(C)(C)C)CC1. The third kappa shape index (κ3) is 4.87. The summed E-state index contributed by atoms with van der Waals surface area (Å²) in [6.07, 6.45) is 0. The zero-order valence-corrected chi connectivity index (χ0v) is 17.3. The molecule has 1 aromatic heterocycles. The lowest BCUT2D eigenvalue weighted by Crippen LogP contribution is -2.49. The first-order chi connectivity index (χ1) is 12.9. The van der Waals surface area contributed by atoms with Crippen LogP contribution in [0.1, 0.15) is 39.3 Å². The van der Waals surface area contributed by atoms with Crippen molar-refractivity contribution in [1.29, 1.82) is 0 Å². The number of carbonyl (C=O) groups excluding carboxylic acids is 1. The molecule has 0 spiro atoms. The Balaban J connectivity index is 1.50. The molecule has 1 aliphatic heterocycles. The van der Waals surface area contributed by atoms with Crippen molar-refractivity contribution >= 4 is 17.7 Å². The number of amides is 1. The van der Waals surface area contributed by atoms with Crippen LogP contribution in [0.15, 0.2) is 35.5 Å². The van der Waals surface area contributed by atoms with E-state index in [1.165, 1.54) is 17.3 Å². The molecule has 0 aliphatic carbocycles. The minimum atomic E-state index is -0.200. The highest BCUT2D eigenvalue weighted by molar-refractivity contribution is 7.99. The Morgan fingerprint density at radius 3 is 2.44 bits per heavy atom. The summed E-state index contributed by atoms with van der Waals surface area (Å²) in [6, 6.07) is 10.9. The summed E-state index contributed by atoms with van der Waals surface area (Å²) >= 11 is 1.41. The van der Waals surface area contributed by atoms with Crippen LogP contribution in [0.4, 0.5) is 0 Å². The number of tetrazole rings is 1. The van der Waals surface area contributed by atoms with Crippen LogP contribution in [0, 0.1) is 0 Å². The first-order valence-electron chi connectivity index (χ1n) is 9.34. The van der Waals surface area contributed by atoms with Crippen molar-refractivity contribution in [2.75, 3.05) is 31.9 Å². The lowest BCUT2D eigenvalue weighted by atomic mass is 10.1. The van der Waals surface area contributed by atoms with E-state index in [-0.39, 0.29) is 11.4 Å². The van der Waals surface area contributed by atoms with Crippen LogP contribution in [-0.2, 0) is 10.3 Å². The first kappa shape index (κ1) is 19.8. The molecule has 0 bridgehead atoms. The molecule has 1 atom stereocenters. The molecule has 1 aliphatic rings. The molecule has 2 heterocycles. The number of nitrogens with zero attached hydrogens (tertiary/aromatic N) is 6. The predicted octanol–water partition coefficient (Wildman–Crippen LogP) is 2.43. The molecule has 1 saturated heterocycles. The van der Waals surface area contributed by atoms with Gasteiger partial charge in [-0.2, -0.15) is 0 Å². The van der Waals surface area contributed by atoms with E-state index in [1.807, 2.05) is 31.7 Å². The van der Waals surface area contributed by atoms with E-state index >= 15 is 0 Å². The van der Waals surface area contributed by atoms with E-state index in [1.54, 1.807) is 4.68 Å². The van der Waals surface area contributed by atoms with Gasteiger partial charge in [-0.05, 0) is 43.7 Å². The second-order valence-electron chi connectivity index (χ2n) is 7.84. The highest BCUT2D eigenvalue weighted by Crippen LogP contribution is 2.23. The minimum absolute atomic E-state index is 0.149. The summed E-state index contributed by atoms with van der Waals surface area (Å²) < 4.78 is 1.77. The molecule has 146 valence electrons. The Morgan fingerprint density at radius 1 is 1.15 bits per heavy atom. The third-order valence-corrected chi connectivity index (χ3v) is 5.80. The molecule has 27 heavy (non-hydrogen) atoms. The van der Waals surface area contributed by atoms with Crippen LogP contribution in [-0.4, -0.2) is 67.8 Å². The van der Waals surface area contributed by atoms with E-state index in [9.17, 15) is 4.79 Å². The lowest BCUT2D eigenvalue weighted by Gasteiger charge is -2.38. The number of aromatic nitrogens is 4. The van der Waals surface area contributed by atoms with Gasteiger partial charge in [0.25, 0.3) is 0 Å². The molecule has 0 radical (unpaired) electrons. The maximum Gasteiger partial charge on any atom is 0.233 e.